The summed E-state index contributed by atoms with van der Waals surface area (Å²) >= 11 is 1.34. The fraction of sp³-hybridized carbons (Fsp3) is 0.688. The number of hydrogen-bond acceptors (Lipinski definition) is 4. The number of carbonyl (C=O) groups is 1. The van der Waals surface area contributed by atoms with E-state index in [-0.39, 0.29) is 16.7 Å². The molecule has 1 fully saturated rings. The summed E-state index contributed by atoms with van der Waals surface area (Å²) in [6.07, 6.45) is 1.72. The molecular formula is C16H27N4O2S+. The van der Waals surface area contributed by atoms with Crippen LogP contribution in [0.25, 0.3) is 0 Å². The molecular weight excluding hydrogens is 312 g/mol. The summed E-state index contributed by atoms with van der Waals surface area (Å²) in [6.45, 7) is 10.9. The molecule has 1 aromatic heterocycles. The molecule has 1 atom stereocenters. The maximum absolute atomic E-state index is 12.6. The van der Waals surface area contributed by atoms with E-state index < -0.39 is 0 Å². The highest BCUT2D eigenvalue weighted by molar-refractivity contribution is 8.00. The molecule has 0 spiro atoms. The molecule has 23 heavy (non-hydrogen) atoms. The Hall–Kier alpha value is -1.34. The van der Waals surface area contributed by atoms with Crippen molar-refractivity contribution in [1.82, 2.24) is 14.9 Å². The number of nitrogens with zero attached hydrogens (tertiary/aromatic N) is 2. The van der Waals surface area contributed by atoms with Crippen LogP contribution in [-0.4, -0.2) is 58.7 Å². The Kier molecular flexibility index (Phi) is 6.65. The topological polar surface area (TPSA) is 70.5 Å². The highest BCUT2D eigenvalue weighted by atomic mass is 32.2. The van der Waals surface area contributed by atoms with Gasteiger partial charge < -0.3 is 14.8 Å². The van der Waals surface area contributed by atoms with Gasteiger partial charge in [-0.1, -0.05) is 25.1 Å². The molecule has 0 saturated carbocycles. The summed E-state index contributed by atoms with van der Waals surface area (Å²) in [4.78, 5) is 34.9. The van der Waals surface area contributed by atoms with Crippen molar-refractivity contribution >= 4 is 17.7 Å². The van der Waals surface area contributed by atoms with Crippen LogP contribution < -0.4 is 10.5 Å². The van der Waals surface area contributed by atoms with Gasteiger partial charge in [0, 0.05) is 11.8 Å². The van der Waals surface area contributed by atoms with Gasteiger partial charge in [-0.15, -0.1) is 0 Å². The number of aromatic amines is 1. The molecule has 0 aliphatic carbocycles. The second-order valence-corrected chi connectivity index (χ2v) is 7.31. The van der Waals surface area contributed by atoms with E-state index in [1.165, 1.54) is 17.8 Å². The lowest BCUT2D eigenvalue weighted by Crippen LogP contribution is -3.14. The number of aromatic nitrogens is 2. The van der Waals surface area contributed by atoms with Gasteiger partial charge >= 0.3 is 0 Å². The van der Waals surface area contributed by atoms with E-state index in [0.717, 1.165) is 51.3 Å². The van der Waals surface area contributed by atoms with Crippen LogP contribution in [0.1, 0.15) is 32.9 Å². The summed E-state index contributed by atoms with van der Waals surface area (Å²) in [5, 5.41) is 0.304. The Morgan fingerprint density at radius 1 is 1.43 bits per heavy atom. The van der Waals surface area contributed by atoms with Crippen molar-refractivity contribution in [2.75, 3.05) is 32.7 Å². The zero-order valence-electron chi connectivity index (χ0n) is 14.2. The summed E-state index contributed by atoms with van der Waals surface area (Å²) in [5.41, 5.74) is 0.643. The number of quaternary nitrogens is 1. The molecule has 1 aromatic rings. The van der Waals surface area contributed by atoms with Crippen LogP contribution >= 0.6 is 11.8 Å². The summed E-state index contributed by atoms with van der Waals surface area (Å²) in [6, 6.07) is 1.53. The Bertz CT molecular complexity index is 582. The standard InChI is InChI=1S/C16H26N4O2S/c1-4-6-13-11-14(21)18-16(17-13)23-12(3)15(22)20-9-7-19(5-2)8-10-20/h11-12H,4-10H2,1-3H3,(H,17,18,21)/p+1/t12-/m1/s1. The largest absolute Gasteiger partial charge is 0.332 e. The van der Waals surface area contributed by atoms with Crippen molar-refractivity contribution in [3.63, 3.8) is 0 Å². The minimum absolute atomic E-state index is 0.133. The number of amides is 1. The molecule has 1 saturated heterocycles. The van der Waals surface area contributed by atoms with E-state index >= 15 is 0 Å². The van der Waals surface area contributed by atoms with Crippen LogP contribution in [0.15, 0.2) is 16.0 Å². The van der Waals surface area contributed by atoms with E-state index in [4.69, 9.17) is 0 Å². The number of rotatable bonds is 6. The molecule has 1 aliphatic rings. The maximum atomic E-state index is 12.6. The summed E-state index contributed by atoms with van der Waals surface area (Å²) in [5.74, 6) is 0.133. The first-order valence-corrected chi connectivity index (χ1v) is 9.30. The molecule has 0 aromatic carbocycles. The number of carbonyl (C=O) groups excluding carboxylic acids is 1. The second kappa shape index (κ2) is 8.49. The number of piperazine rings is 1. The first-order chi connectivity index (χ1) is 11.0. The van der Waals surface area contributed by atoms with Crippen molar-refractivity contribution in [3.8, 4) is 0 Å². The lowest BCUT2D eigenvalue weighted by Gasteiger charge is -2.32. The maximum Gasteiger partial charge on any atom is 0.251 e. The minimum Gasteiger partial charge on any atom is -0.332 e. The van der Waals surface area contributed by atoms with Crippen molar-refractivity contribution in [2.45, 2.75) is 44.0 Å². The van der Waals surface area contributed by atoms with Crippen LogP contribution in [0.3, 0.4) is 0 Å². The van der Waals surface area contributed by atoms with Crippen molar-refractivity contribution < 1.29 is 9.69 Å². The summed E-state index contributed by atoms with van der Waals surface area (Å²) < 4.78 is 0. The van der Waals surface area contributed by atoms with Crippen LogP contribution in [0.5, 0.6) is 0 Å². The molecule has 128 valence electrons. The smallest absolute Gasteiger partial charge is 0.251 e. The molecule has 2 N–H and O–H groups in total. The van der Waals surface area contributed by atoms with Gasteiger partial charge in [0.1, 0.15) is 0 Å². The molecule has 0 radical (unpaired) electrons. The van der Waals surface area contributed by atoms with Crippen LogP contribution in [0, 0.1) is 0 Å². The van der Waals surface area contributed by atoms with Crippen molar-refractivity contribution in [2.24, 2.45) is 0 Å². The number of H-pyrrole nitrogens is 1. The number of likely N-dealkylation sites (N-methyl/N-ethyl adjacent to an activating group) is 1. The monoisotopic (exact) mass is 339 g/mol. The third-order valence-corrected chi connectivity index (χ3v) is 5.17. The molecule has 1 aliphatic heterocycles. The number of hydrogen-bond donors (Lipinski definition) is 2. The first kappa shape index (κ1) is 18.0. The molecule has 0 bridgehead atoms. The van der Waals surface area contributed by atoms with Gasteiger partial charge in [-0.3, -0.25) is 9.59 Å². The van der Waals surface area contributed by atoms with Gasteiger partial charge in [0.25, 0.3) is 5.56 Å². The second-order valence-electron chi connectivity index (χ2n) is 5.98. The van der Waals surface area contributed by atoms with Gasteiger partial charge in [-0.25, -0.2) is 4.98 Å². The lowest BCUT2D eigenvalue weighted by atomic mass is 10.2. The fourth-order valence-electron chi connectivity index (χ4n) is 2.80. The quantitative estimate of drug-likeness (QED) is 0.563. The predicted octanol–water partition coefficient (Wildman–Crippen LogP) is -0.0500. The van der Waals surface area contributed by atoms with E-state index in [0.29, 0.717) is 5.16 Å². The molecule has 2 rings (SSSR count). The van der Waals surface area contributed by atoms with Gasteiger partial charge in [-0.05, 0) is 20.3 Å². The fourth-order valence-corrected chi connectivity index (χ4v) is 3.71. The third kappa shape index (κ3) is 5.07. The third-order valence-electron chi connectivity index (χ3n) is 4.20. The first-order valence-electron chi connectivity index (χ1n) is 8.42. The minimum atomic E-state index is -0.238. The Morgan fingerprint density at radius 2 is 2.13 bits per heavy atom. The van der Waals surface area contributed by atoms with E-state index in [9.17, 15) is 9.59 Å². The Labute approximate surface area is 141 Å². The Balaban J connectivity index is 1.97. The zero-order valence-corrected chi connectivity index (χ0v) is 15.0. The SMILES string of the molecule is CCCc1cc(=O)[nH]c(S[C@H](C)C(=O)N2CC[NH+](CC)CC2)n1. The van der Waals surface area contributed by atoms with Gasteiger partial charge in [0.15, 0.2) is 5.16 Å². The van der Waals surface area contributed by atoms with Crippen molar-refractivity contribution in [3.05, 3.63) is 22.1 Å². The number of nitrogens with one attached hydrogen (secondary N) is 2. The molecule has 6 nitrogen and oxygen atoms in total. The normalized spacial score (nSPS) is 17.3. The summed E-state index contributed by atoms with van der Waals surface area (Å²) in [7, 11) is 0. The van der Waals surface area contributed by atoms with Gasteiger partial charge in [0.2, 0.25) is 5.91 Å². The van der Waals surface area contributed by atoms with Crippen molar-refractivity contribution in [1.29, 1.82) is 0 Å². The van der Waals surface area contributed by atoms with Gasteiger partial charge in [0.05, 0.1) is 38.0 Å². The van der Waals surface area contributed by atoms with E-state index in [1.54, 1.807) is 4.90 Å². The zero-order chi connectivity index (χ0) is 16.8. The van der Waals surface area contributed by atoms with E-state index in [1.807, 2.05) is 11.8 Å². The average Bonchev–Trinajstić information content (AvgIpc) is 2.54. The van der Waals surface area contributed by atoms with Gasteiger partial charge in [-0.2, -0.15) is 0 Å². The number of aryl methyl sites for hydroxylation is 1. The molecule has 1 amide bonds. The predicted molar refractivity (Wildman–Crippen MR) is 92.0 cm³/mol. The number of thioether (sulfide) groups is 1. The van der Waals surface area contributed by atoms with Crippen LogP contribution in [0.2, 0.25) is 0 Å². The Morgan fingerprint density at radius 3 is 2.74 bits per heavy atom. The van der Waals surface area contributed by atoms with Crippen LogP contribution in [-0.2, 0) is 11.2 Å². The average molecular weight is 339 g/mol. The highest BCUT2D eigenvalue weighted by Crippen LogP contribution is 2.20. The van der Waals surface area contributed by atoms with E-state index in [2.05, 4.69) is 23.8 Å². The highest BCUT2D eigenvalue weighted by Gasteiger charge is 2.27. The molecule has 2 heterocycles. The van der Waals surface area contributed by atoms with Crippen LogP contribution in [0.4, 0.5) is 0 Å². The molecule has 0 unspecified atom stereocenters. The lowest BCUT2D eigenvalue weighted by molar-refractivity contribution is -0.902. The molecule has 7 heteroatoms.